The molecule has 1 fully saturated rings. The molecule has 126 valence electrons. The van der Waals surface area contributed by atoms with Crippen molar-refractivity contribution < 1.29 is 23.1 Å². The largest absolute Gasteiger partial charge is 0.438 e. The van der Waals surface area contributed by atoms with E-state index >= 15 is 0 Å². The van der Waals surface area contributed by atoms with Gasteiger partial charge in [0.25, 0.3) is 11.6 Å². The molecule has 2 N–H and O–H groups in total. The highest BCUT2D eigenvalue weighted by atomic mass is 19.4. The van der Waals surface area contributed by atoms with E-state index in [0.717, 1.165) is 0 Å². The number of hydrazine groups is 1. The van der Waals surface area contributed by atoms with Gasteiger partial charge in [0.2, 0.25) is 0 Å². The number of nitrogens with zero attached hydrogens (tertiary/aromatic N) is 2. The lowest BCUT2D eigenvalue weighted by Gasteiger charge is -2.33. The van der Waals surface area contributed by atoms with Gasteiger partial charge in [0.05, 0.1) is 11.3 Å². The molecule has 1 saturated heterocycles. The summed E-state index contributed by atoms with van der Waals surface area (Å²) >= 11 is 0. The van der Waals surface area contributed by atoms with Gasteiger partial charge in [-0.1, -0.05) is 18.7 Å². The Balaban J connectivity index is 2.05. The van der Waals surface area contributed by atoms with E-state index in [1.54, 1.807) is 41.2 Å². The molecular weight excluding hydrogens is 323 g/mol. The third-order valence-corrected chi connectivity index (χ3v) is 3.77. The van der Waals surface area contributed by atoms with Crippen molar-refractivity contribution >= 4 is 5.91 Å². The molecular formula is C16H14F3N3O2. The minimum Gasteiger partial charge on any atom is -0.362 e. The molecule has 2 aromatic rings. The predicted molar refractivity (Wildman–Crippen MR) is 79.8 cm³/mol. The SMILES string of the molecule is C=C1CC(O)(C(F)(F)F)N(C(=O)c2ccccc2-n2cccc2)N1. The first-order chi connectivity index (χ1) is 11.2. The zero-order valence-corrected chi connectivity index (χ0v) is 12.4. The fraction of sp³-hybridized carbons (Fsp3) is 0.188. The molecule has 0 bridgehead atoms. The molecule has 1 atom stereocenters. The molecule has 0 saturated carbocycles. The Morgan fingerprint density at radius 3 is 2.46 bits per heavy atom. The van der Waals surface area contributed by atoms with Crippen molar-refractivity contribution in [2.75, 3.05) is 0 Å². The zero-order chi connectivity index (χ0) is 17.5. The molecule has 1 aliphatic rings. The van der Waals surface area contributed by atoms with Crippen molar-refractivity contribution in [2.45, 2.75) is 18.3 Å². The van der Waals surface area contributed by atoms with Crippen LogP contribution < -0.4 is 5.43 Å². The summed E-state index contributed by atoms with van der Waals surface area (Å²) in [7, 11) is 0. The summed E-state index contributed by atoms with van der Waals surface area (Å²) in [5.41, 5.74) is -0.794. The average molecular weight is 337 g/mol. The van der Waals surface area contributed by atoms with Gasteiger partial charge in [0.15, 0.2) is 0 Å². The van der Waals surface area contributed by atoms with Crippen molar-refractivity contribution in [3.8, 4) is 5.69 Å². The van der Waals surface area contributed by atoms with Crippen LogP contribution in [0.2, 0.25) is 0 Å². The van der Waals surface area contributed by atoms with Crippen LogP contribution in [0.25, 0.3) is 5.69 Å². The Bertz CT molecular complexity index is 786. The fourth-order valence-corrected chi connectivity index (χ4v) is 2.61. The highest BCUT2D eigenvalue weighted by Crippen LogP contribution is 2.41. The number of carbonyl (C=O) groups is 1. The third-order valence-electron chi connectivity index (χ3n) is 3.77. The summed E-state index contributed by atoms with van der Waals surface area (Å²) in [4.78, 5) is 12.7. The number of carbonyl (C=O) groups excluding carboxylic acids is 1. The number of para-hydroxylation sites is 1. The Morgan fingerprint density at radius 1 is 1.21 bits per heavy atom. The molecule has 1 aromatic carbocycles. The Hall–Kier alpha value is -2.74. The van der Waals surface area contributed by atoms with Crippen LogP contribution in [-0.2, 0) is 0 Å². The van der Waals surface area contributed by atoms with Crippen molar-refractivity contribution in [3.05, 3.63) is 66.6 Å². The first-order valence-electron chi connectivity index (χ1n) is 7.04. The lowest BCUT2D eigenvalue weighted by atomic mass is 10.1. The van der Waals surface area contributed by atoms with Gasteiger partial charge in [-0.2, -0.15) is 13.2 Å². The maximum Gasteiger partial charge on any atom is 0.438 e. The van der Waals surface area contributed by atoms with Crippen molar-refractivity contribution in [1.82, 2.24) is 15.0 Å². The van der Waals surface area contributed by atoms with Crippen LogP contribution in [-0.4, -0.2) is 32.5 Å². The van der Waals surface area contributed by atoms with Gasteiger partial charge >= 0.3 is 6.18 Å². The lowest BCUT2D eigenvalue weighted by molar-refractivity contribution is -0.299. The Kier molecular flexibility index (Phi) is 3.64. The standard InChI is InChI=1S/C16H14F3N3O2/c1-11-10-15(24,16(17,18)19)22(20-11)14(23)12-6-2-3-7-13(12)21-8-4-5-9-21/h2-9,20,24H,1,10H2. The molecule has 8 heteroatoms. The molecule has 24 heavy (non-hydrogen) atoms. The van der Waals surface area contributed by atoms with Crippen LogP contribution in [0.4, 0.5) is 13.2 Å². The number of rotatable bonds is 2. The van der Waals surface area contributed by atoms with Gasteiger partial charge in [-0.3, -0.25) is 10.2 Å². The van der Waals surface area contributed by atoms with Crippen molar-refractivity contribution in [3.63, 3.8) is 0 Å². The maximum atomic E-state index is 13.3. The molecule has 2 heterocycles. The maximum absolute atomic E-state index is 13.3. The van der Waals surface area contributed by atoms with Crippen LogP contribution >= 0.6 is 0 Å². The van der Waals surface area contributed by atoms with Crippen LogP contribution in [0.3, 0.4) is 0 Å². The third kappa shape index (κ3) is 2.44. The molecule has 1 unspecified atom stereocenters. The van der Waals surface area contributed by atoms with Gasteiger partial charge in [0.1, 0.15) is 0 Å². The molecule has 5 nitrogen and oxygen atoms in total. The number of alkyl halides is 3. The molecule has 0 spiro atoms. The second-order valence-electron chi connectivity index (χ2n) is 5.45. The van der Waals surface area contributed by atoms with Crippen LogP contribution in [0, 0.1) is 0 Å². The molecule has 0 aliphatic carbocycles. The van der Waals surface area contributed by atoms with E-state index in [1.807, 2.05) is 0 Å². The number of aliphatic hydroxyl groups is 1. The van der Waals surface area contributed by atoms with E-state index in [1.165, 1.54) is 12.1 Å². The average Bonchev–Trinajstić information content (AvgIpc) is 3.14. The lowest BCUT2D eigenvalue weighted by Crippen LogP contribution is -2.60. The Labute approximate surface area is 135 Å². The summed E-state index contributed by atoms with van der Waals surface area (Å²) in [5, 5.41) is 10.3. The van der Waals surface area contributed by atoms with E-state index in [0.29, 0.717) is 5.69 Å². The van der Waals surface area contributed by atoms with Gasteiger partial charge in [0, 0.05) is 24.5 Å². The van der Waals surface area contributed by atoms with Gasteiger partial charge < -0.3 is 9.67 Å². The number of benzene rings is 1. The summed E-state index contributed by atoms with van der Waals surface area (Å²) in [6.07, 6.45) is -2.53. The van der Waals surface area contributed by atoms with Gasteiger partial charge in [-0.05, 0) is 24.3 Å². The van der Waals surface area contributed by atoms with Crippen molar-refractivity contribution in [2.24, 2.45) is 0 Å². The van der Waals surface area contributed by atoms with Crippen molar-refractivity contribution in [1.29, 1.82) is 0 Å². The number of aromatic nitrogens is 1. The van der Waals surface area contributed by atoms with E-state index < -0.39 is 24.2 Å². The van der Waals surface area contributed by atoms with E-state index in [9.17, 15) is 23.1 Å². The Morgan fingerprint density at radius 2 is 1.83 bits per heavy atom. The summed E-state index contributed by atoms with van der Waals surface area (Å²) < 4.78 is 41.5. The first-order valence-corrected chi connectivity index (χ1v) is 7.04. The molecule has 1 aliphatic heterocycles. The van der Waals surface area contributed by atoms with Gasteiger partial charge in [-0.25, -0.2) is 5.01 Å². The number of hydrogen-bond acceptors (Lipinski definition) is 3. The highest BCUT2D eigenvalue weighted by Gasteiger charge is 2.63. The molecule has 1 amide bonds. The van der Waals surface area contributed by atoms with E-state index in [4.69, 9.17) is 0 Å². The summed E-state index contributed by atoms with van der Waals surface area (Å²) in [6.45, 7) is 3.39. The molecule has 3 rings (SSSR count). The first kappa shape index (κ1) is 16.1. The smallest absolute Gasteiger partial charge is 0.362 e. The second kappa shape index (κ2) is 5.41. The van der Waals surface area contributed by atoms with Crippen LogP contribution in [0.15, 0.2) is 61.1 Å². The zero-order valence-electron chi connectivity index (χ0n) is 12.4. The number of halogens is 3. The van der Waals surface area contributed by atoms with E-state index in [-0.39, 0.29) is 16.3 Å². The number of nitrogens with one attached hydrogen (secondary N) is 1. The summed E-state index contributed by atoms with van der Waals surface area (Å²) in [6, 6.07) is 9.66. The molecule has 1 aromatic heterocycles. The van der Waals surface area contributed by atoms with E-state index in [2.05, 4.69) is 12.0 Å². The van der Waals surface area contributed by atoms with Crippen LogP contribution in [0.5, 0.6) is 0 Å². The normalized spacial score (nSPS) is 21.0. The highest BCUT2D eigenvalue weighted by molar-refractivity contribution is 5.98. The second-order valence-corrected chi connectivity index (χ2v) is 5.45. The molecule has 0 radical (unpaired) electrons. The summed E-state index contributed by atoms with van der Waals surface area (Å²) in [5.74, 6) is -1.00. The van der Waals surface area contributed by atoms with Gasteiger partial charge in [-0.15, -0.1) is 0 Å². The quantitative estimate of drug-likeness (QED) is 0.886. The minimum absolute atomic E-state index is 0.0126. The monoisotopic (exact) mass is 337 g/mol. The van der Waals surface area contributed by atoms with Crippen LogP contribution in [0.1, 0.15) is 16.8 Å². The number of hydrogen-bond donors (Lipinski definition) is 2. The fourth-order valence-electron chi connectivity index (χ4n) is 2.61. The topological polar surface area (TPSA) is 57.5 Å². The predicted octanol–water partition coefficient (Wildman–Crippen LogP) is 2.59. The number of amides is 1. The minimum atomic E-state index is -5.03.